The molecule has 1 heterocycles. The molecule has 0 bridgehead atoms. The normalized spacial score (nSPS) is 23.9. The lowest BCUT2D eigenvalue weighted by Crippen LogP contribution is -2.41. The van der Waals surface area contributed by atoms with Gasteiger partial charge in [0.15, 0.2) is 0 Å². The largest absolute Gasteiger partial charge is 0.316 e. The van der Waals surface area contributed by atoms with Crippen molar-refractivity contribution in [2.45, 2.75) is 49.8 Å². The van der Waals surface area contributed by atoms with Gasteiger partial charge in [0.05, 0.1) is 0 Å². The molecule has 0 amide bonds. The summed E-state index contributed by atoms with van der Waals surface area (Å²) in [5, 5.41) is 3.67. The Hall–Kier alpha value is -0.470. The zero-order valence-electron chi connectivity index (χ0n) is 12.0. The first kappa shape index (κ1) is 13.5. The molecule has 3 rings (SSSR count). The van der Waals surface area contributed by atoms with Gasteiger partial charge >= 0.3 is 0 Å². The van der Waals surface area contributed by atoms with E-state index in [9.17, 15) is 0 Å². The summed E-state index contributed by atoms with van der Waals surface area (Å²) in [6.07, 6.45) is 6.96. The van der Waals surface area contributed by atoms with E-state index in [2.05, 4.69) is 48.3 Å². The first-order chi connectivity index (χ1) is 9.33. The Labute approximate surface area is 121 Å². The monoisotopic (exact) mass is 275 g/mol. The molecule has 1 N–H and O–H groups in total. The number of thioether (sulfide) groups is 1. The van der Waals surface area contributed by atoms with Gasteiger partial charge in [-0.3, -0.25) is 0 Å². The van der Waals surface area contributed by atoms with E-state index in [0.29, 0.717) is 5.41 Å². The van der Waals surface area contributed by atoms with Crippen LogP contribution in [0.2, 0.25) is 0 Å². The average Bonchev–Trinajstić information content (AvgIpc) is 2.79. The van der Waals surface area contributed by atoms with E-state index < -0.39 is 0 Å². The lowest BCUT2D eigenvalue weighted by atomic mass is 9.63. The highest BCUT2D eigenvalue weighted by Gasteiger charge is 2.40. The standard InChI is InChI=1S/C17H25NS/c1-2-10-18-13-17(8-5-9-17)11-14-12-19-16-7-4-3-6-15(14)16/h3-4,6-7,14,18H,2,5,8-13H2,1H3. The summed E-state index contributed by atoms with van der Waals surface area (Å²) >= 11 is 2.06. The minimum absolute atomic E-state index is 0.609. The predicted octanol–water partition coefficient (Wildman–Crippen LogP) is 4.44. The number of rotatable bonds is 6. The van der Waals surface area contributed by atoms with Gasteiger partial charge in [0.1, 0.15) is 0 Å². The molecule has 1 aliphatic carbocycles. The molecular formula is C17H25NS. The van der Waals surface area contributed by atoms with Gasteiger partial charge in [-0.25, -0.2) is 0 Å². The molecule has 0 radical (unpaired) electrons. The van der Waals surface area contributed by atoms with Crippen molar-refractivity contribution in [1.82, 2.24) is 5.32 Å². The maximum absolute atomic E-state index is 3.67. The van der Waals surface area contributed by atoms with Crippen LogP contribution in [-0.2, 0) is 0 Å². The van der Waals surface area contributed by atoms with Gasteiger partial charge in [0.25, 0.3) is 0 Å². The third-order valence-corrected chi connectivity index (χ3v) is 6.07. The van der Waals surface area contributed by atoms with E-state index in [1.807, 2.05) is 0 Å². The maximum Gasteiger partial charge on any atom is 0.0107 e. The molecule has 1 fully saturated rings. The molecule has 1 aromatic carbocycles. The van der Waals surface area contributed by atoms with Gasteiger partial charge in [0, 0.05) is 17.2 Å². The van der Waals surface area contributed by atoms with Crippen molar-refractivity contribution in [2.75, 3.05) is 18.8 Å². The van der Waals surface area contributed by atoms with Crippen molar-refractivity contribution in [3.8, 4) is 0 Å². The zero-order chi connectivity index (χ0) is 13.1. The molecule has 0 spiro atoms. The first-order valence-corrected chi connectivity index (χ1v) is 8.74. The van der Waals surface area contributed by atoms with Gasteiger partial charge < -0.3 is 5.32 Å². The summed E-state index contributed by atoms with van der Waals surface area (Å²) in [5.41, 5.74) is 2.23. The maximum atomic E-state index is 3.67. The van der Waals surface area contributed by atoms with E-state index in [0.717, 1.165) is 5.92 Å². The van der Waals surface area contributed by atoms with Crippen molar-refractivity contribution < 1.29 is 0 Å². The Morgan fingerprint density at radius 2 is 2.16 bits per heavy atom. The van der Waals surface area contributed by atoms with Crippen LogP contribution in [0.5, 0.6) is 0 Å². The summed E-state index contributed by atoms with van der Waals surface area (Å²) in [5.74, 6) is 2.10. The minimum Gasteiger partial charge on any atom is -0.316 e. The average molecular weight is 275 g/mol. The van der Waals surface area contributed by atoms with E-state index in [1.165, 1.54) is 55.8 Å². The molecule has 2 aliphatic rings. The minimum atomic E-state index is 0.609. The quantitative estimate of drug-likeness (QED) is 0.771. The molecule has 1 nitrogen and oxygen atoms in total. The molecule has 1 unspecified atom stereocenters. The lowest BCUT2D eigenvalue weighted by molar-refractivity contribution is 0.109. The Morgan fingerprint density at radius 3 is 2.89 bits per heavy atom. The van der Waals surface area contributed by atoms with Gasteiger partial charge in [-0.1, -0.05) is 31.5 Å². The van der Waals surface area contributed by atoms with E-state index in [4.69, 9.17) is 0 Å². The Balaban J connectivity index is 1.64. The Morgan fingerprint density at radius 1 is 1.32 bits per heavy atom. The molecule has 1 aliphatic heterocycles. The number of hydrogen-bond donors (Lipinski definition) is 1. The Kier molecular flexibility index (Phi) is 4.18. The molecule has 19 heavy (non-hydrogen) atoms. The van der Waals surface area contributed by atoms with Crippen molar-refractivity contribution in [3.63, 3.8) is 0 Å². The van der Waals surface area contributed by atoms with Crippen LogP contribution < -0.4 is 5.32 Å². The van der Waals surface area contributed by atoms with Crippen molar-refractivity contribution >= 4 is 11.8 Å². The highest BCUT2D eigenvalue weighted by Crippen LogP contribution is 2.51. The van der Waals surface area contributed by atoms with E-state index >= 15 is 0 Å². The van der Waals surface area contributed by atoms with Gasteiger partial charge in [-0.05, 0) is 55.2 Å². The second-order valence-electron chi connectivity index (χ2n) is 6.28. The van der Waals surface area contributed by atoms with Crippen molar-refractivity contribution in [3.05, 3.63) is 29.8 Å². The predicted molar refractivity (Wildman–Crippen MR) is 84.0 cm³/mol. The second-order valence-corrected chi connectivity index (χ2v) is 7.34. The molecule has 104 valence electrons. The fraction of sp³-hybridized carbons (Fsp3) is 0.647. The fourth-order valence-corrected chi connectivity index (χ4v) is 4.84. The summed E-state index contributed by atoms with van der Waals surface area (Å²) in [4.78, 5) is 1.53. The summed E-state index contributed by atoms with van der Waals surface area (Å²) in [6, 6.07) is 9.03. The molecule has 1 atom stereocenters. The van der Waals surface area contributed by atoms with Crippen molar-refractivity contribution in [2.24, 2.45) is 5.41 Å². The van der Waals surface area contributed by atoms with Crippen LogP contribution in [-0.4, -0.2) is 18.8 Å². The topological polar surface area (TPSA) is 12.0 Å². The second kappa shape index (κ2) is 5.88. The molecule has 1 saturated carbocycles. The molecule has 2 heteroatoms. The van der Waals surface area contributed by atoms with Crippen LogP contribution in [0.25, 0.3) is 0 Å². The van der Waals surface area contributed by atoms with Crippen LogP contribution in [0.3, 0.4) is 0 Å². The summed E-state index contributed by atoms with van der Waals surface area (Å²) < 4.78 is 0. The van der Waals surface area contributed by atoms with Gasteiger partial charge in [-0.2, -0.15) is 0 Å². The number of fused-ring (bicyclic) bond motifs is 1. The van der Waals surface area contributed by atoms with Crippen molar-refractivity contribution in [1.29, 1.82) is 0 Å². The number of hydrogen-bond acceptors (Lipinski definition) is 2. The number of nitrogens with one attached hydrogen (secondary N) is 1. The highest BCUT2D eigenvalue weighted by molar-refractivity contribution is 7.99. The van der Waals surface area contributed by atoms with Crippen LogP contribution in [0, 0.1) is 5.41 Å². The molecule has 0 aromatic heterocycles. The molecule has 0 saturated heterocycles. The third kappa shape index (κ3) is 2.85. The summed E-state index contributed by atoms with van der Waals surface area (Å²) in [7, 11) is 0. The van der Waals surface area contributed by atoms with Gasteiger partial charge in [0.2, 0.25) is 0 Å². The highest BCUT2D eigenvalue weighted by atomic mass is 32.2. The van der Waals surface area contributed by atoms with Gasteiger partial charge in [-0.15, -0.1) is 11.8 Å². The smallest absolute Gasteiger partial charge is 0.0107 e. The fourth-order valence-electron chi connectivity index (χ4n) is 3.58. The number of benzene rings is 1. The third-order valence-electron chi connectivity index (χ3n) is 4.82. The zero-order valence-corrected chi connectivity index (χ0v) is 12.8. The van der Waals surface area contributed by atoms with E-state index in [1.54, 1.807) is 5.56 Å². The van der Waals surface area contributed by atoms with Crippen LogP contribution in [0.4, 0.5) is 0 Å². The Bertz CT molecular complexity index is 425. The van der Waals surface area contributed by atoms with E-state index in [-0.39, 0.29) is 0 Å². The van der Waals surface area contributed by atoms with Crippen LogP contribution in [0.1, 0.15) is 50.5 Å². The first-order valence-electron chi connectivity index (χ1n) is 7.75. The lowest BCUT2D eigenvalue weighted by Gasteiger charge is -2.44. The van der Waals surface area contributed by atoms with Crippen LogP contribution in [0.15, 0.2) is 29.2 Å². The SMILES string of the molecule is CCCNCC1(CC2CSc3ccccc32)CCC1. The molecular weight excluding hydrogens is 250 g/mol. The summed E-state index contributed by atoms with van der Waals surface area (Å²) in [6.45, 7) is 4.67. The van der Waals surface area contributed by atoms with Crippen LogP contribution >= 0.6 is 11.8 Å². The molecule has 1 aromatic rings.